The van der Waals surface area contributed by atoms with Gasteiger partial charge in [0.1, 0.15) is 5.00 Å². The van der Waals surface area contributed by atoms with Gasteiger partial charge in [0.05, 0.1) is 17.1 Å². The van der Waals surface area contributed by atoms with Gasteiger partial charge >= 0.3 is 5.97 Å². The fraction of sp³-hybridized carbons (Fsp3) is 0.400. The van der Waals surface area contributed by atoms with Crippen LogP contribution in [0.25, 0.3) is 0 Å². The number of amides is 1. The first-order chi connectivity index (χ1) is 19.4. The molecule has 10 heteroatoms. The van der Waals surface area contributed by atoms with Crippen molar-refractivity contribution in [1.82, 2.24) is 9.21 Å². The van der Waals surface area contributed by atoms with Crippen LogP contribution in [0.15, 0.2) is 59.5 Å². The lowest BCUT2D eigenvalue weighted by molar-refractivity contribution is 0.0526. The van der Waals surface area contributed by atoms with Gasteiger partial charge in [-0.3, -0.25) is 9.69 Å². The van der Waals surface area contributed by atoms with Crippen LogP contribution in [0.3, 0.4) is 0 Å². The van der Waals surface area contributed by atoms with Crippen LogP contribution in [-0.2, 0) is 34.3 Å². The van der Waals surface area contributed by atoms with Crippen molar-refractivity contribution in [2.75, 3.05) is 31.6 Å². The SMILES string of the molecule is CCOC(=O)c1c(NC(=O)c2ccc(S(=O)(=O)N3CCCCCC3)cc2)sc2c1CCN(Cc1ccccc1)C2. The highest BCUT2D eigenvalue weighted by Crippen LogP contribution is 2.38. The van der Waals surface area contributed by atoms with Crippen LogP contribution in [0.4, 0.5) is 5.00 Å². The first-order valence-corrected chi connectivity index (χ1v) is 16.1. The van der Waals surface area contributed by atoms with Gasteiger partial charge in [-0.05, 0) is 61.6 Å². The van der Waals surface area contributed by atoms with E-state index in [1.54, 1.807) is 6.92 Å². The largest absolute Gasteiger partial charge is 0.462 e. The van der Waals surface area contributed by atoms with Gasteiger partial charge in [-0.25, -0.2) is 13.2 Å². The normalized spacial score (nSPS) is 16.6. The summed E-state index contributed by atoms with van der Waals surface area (Å²) in [6, 6.07) is 16.3. The molecule has 3 aromatic rings. The number of nitrogens with one attached hydrogen (secondary N) is 1. The van der Waals surface area contributed by atoms with Crippen molar-refractivity contribution in [1.29, 1.82) is 0 Å². The van der Waals surface area contributed by atoms with Crippen LogP contribution < -0.4 is 5.32 Å². The van der Waals surface area contributed by atoms with Crippen LogP contribution in [0.1, 0.15) is 69.3 Å². The predicted molar refractivity (Wildman–Crippen MR) is 156 cm³/mol. The fourth-order valence-corrected chi connectivity index (χ4v) is 8.12. The quantitative estimate of drug-likeness (QED) is 0.363. The molecule has 0 saturated carbocycles. The Morgan fingerprint density at radius 2 is 1.65 bits per heavy atom. The maximum atomic E-state index is 13.2. The lowest BCUT2D eigenvalue weighted by Crippen LogP contribution is -2.31. The number of fused-ring (bicyclic) bond motifs is 1. The third-order valence-electron chi connectivity index (χ3n) is 7.41. The zero-order valence-corrected chi connectivity index (χ0v) is 24.4. The molecular formula is C30H35N3O5S2. The van der Waals surface area contributed by atoms with Gasteiger partial charge in [-0.15, -0.1) is 11.3 Å². The zero-order valence-electron chi connectivity index (χ0n) is 22.7. The Bertz CT molecular complexity index is 1440. The number of ether oxygens (including phenoxy) is 1. The smallest absolute Gasteiger partial charge is 0.341 e. The molecule has 0 atom stereocenters. The Kier molecular flexibility index (Phi) is 9.00. The Hall–Kier alpha value is -3.05. The summed E-state index contributed by atoms with van der Waals surface area (Å²) in [7, 11) is -3.60. The van der Waals surface area contributed by atoms with Crippen LogP contribution >= 0.6 is 11.3 Å². The van der Waals surface area contributed by atoms with Gasteiger partial charge in [-0.1, -0.05) is 43.2 Å². The van der Waals surface area contributed by atoms with Gasteiger partial charge in [0.2, 0.25) is 10.0 Å². The minimum atomic E-state index is -3.60. The summed E-state index contributed by atoms with van der Waals surface area (Å²) < 4.78 is 33.1. The number of thiophene rings is 1. The second-order valence-corrected chi connectivity index (χ2v) is 13.2. The predicted octanol–water partition coefficient (Wildman–Crippen LogP) is 5.30. The molecule has 1 saturated heterocycles. The lowest BCUT2D eigenvalue weighted by atomic mass is 10.0. The van der Waals surface area contributed by atoms with Crippen LogP contribution in [0.2, 0.25) is 0 Å². The summed E-state index contributed by atoms with van der Waals surface area (Å²) >= 11 is 1.40. The minimum absolute atomic E-state index is 0.184. The number of sulfonamides is 1. The summed E-state index contributed by atoms with van der Waals surface area (Å²) in [4.78, 5) is 29.8. The Labute approximate surface area is 240 Å². The molecule has 1 N–H and O–H groups in total. The van der Waals surface area contributed by atoms with E-state index in [1.807, 2.05) is 18.2 Å². The van der Waals surface area contributed by atoms with Crippen molar-refractivity contribution < 1.29 is 22.7 Å². The van der Waals surface area contributed by atoms with Crippen LogP contribution in [0.5, 0.6) is 0 Å². The maximum Gasteiger partial charge on any atom is 0.341 e. The average Bonchev–Trinajstić information content (AvgIpc) is 3.10. The number of anilines is 1. The minimum Gasteiger partial charge on any atom is -0.462 e. The van der Waals surface area contributed by atoms with E-state index < -0.39 is 21.9 Å². The molecule has 0 unspecified atom stereocenters. The highest BCUT2D eigenvalue weighted by Gasteiger charge is 2.30. The number of hydrogen-bond donors (Lipinski definition) is 1. The van der Waals surface area contributed by atoms with E-state index in [0.29, 0.717) is 42.2 Å². The second kappa shape index (κ2) is 12.6. The molecule has 2 aliphatic heterocycles. The summed E-state index contributed by atoms with van der Waals surface area (Å²) in [6.45, 7) is 5.33. The number of hydrogen-bond acceptors (Lipinski definition) is 7. The van der Waals surface area contributed by atoms with Gasteiger partial charge in [0.15, 0.2) is 0 Å². The van der Waals surface area contributed by atoms with Crippen molar-refractivity contribution in [2.45, 2.75) is 57.0 Å². The lowest BCUT2D eigenvalue weighted by Gasteiger charge is -2.27. The first-order valence-electron chi connectivity index (χ1n) is 13.9. The third kappa shape index (κ3) is 6.30. The van der Waals surface area contributed by atoms with Gasteiger partial charge < -0.3 is 10.1 Å². The summed E-state index contributed by atoms with van der Waals surface area (Å²) in [6.07, 6.45) is 4.48. The van der Waals surface area contributed by atoms with Crippen LogP contribution in [-0.4, -0.2) is 55.7 Å². The van der Waals surface area contributed by atoms with E-state index in [1.165, 1.54) is 45.5 Å². The molecule has 1 aromatic heterocycles. The molecule has 8 nitrogen and oxygen atoms in total. The van der Waals surface area contributed by atoms with E-state index in [0.717, 1.165) is 49.2 Å². The van der Waals surface area contributed by atoms with E-state index in [2.05, 4.69) is 22.3 Å². The molecule has 2 aliphatic rings. The van der Waals surface area contributed by atoms with Crippen LogP contribution in [0, 0.1) is 0 Å². The monoisotopic (exact) mass is 581 g/mol. The van der Waals surface area contributed by atoms with Crippen molar-refractivity contribution in [2.24, 2.45) is 0 Å². The number of rotatable bonds is 8. The van der Waals surface area contributed by atoms with E-state index >= 15 is 0 Å². The van der Waals surface area contributed by atoms with E-state index in [9.17, 15) is 18.0 Å². The van der Waals surface area contributed by atoms with E-state index in [-0.39, 0.29) is 11.5 Å². The summed E-state index contributed by atoms with van der Waals surface area (Å²) in [5, 5.41) is 3.39. The molecule has 0 bridgehead atoms. The Balaban J connectivity index is 1.34. The molecule has 0 spiro atoms. The number of nitrogens with zero attached hydrogens (tertiary/aromatic N) is 2. The highest BCUT2D eigenvalue weighted by molar-refractivity contribution is 7.89. The number of benzene rings is 2. The molecule has 2 aromatic carbocycles. The highest BCUT2D eigenvalue weighted by atomic mass is 32.2. The maximum absolute atomic E-state index is 13.2. The molecular weight excluding hydrogens is 546 g/mol. The Morgan fingerprint density at radius 1 is 0.950 bits per heavy atom. The van der Waals surface area contributed by atoms with Crippen molar-refractivity contribution in [3.63, 3.8) is 0 Å². The van der Waals surface area contributed by atoms with Gasteiger partial charge in [0, 0.05) is 43.2 Å². The summed E-state index contributed by atoms with van der Waals surface area (Å²) in [5.41, 5.74) is 2.90. The van der Waals surface area contributed by atoms with Crippen molar-refractivity contribution in [3.8, 4) is 0 Å². The van der Waals surface area contributed by atoms with E-state index in [4.69, 9.17) is 4.74 Å². The molecule has 3 heterocycles. The molecule has 0 aliphatic carbocycles. The first kappa shape index (κ1) is 28.5. The fourth-order valence-electron chi connectivity index (χ4n) is 5.32. The second-order valence-electron chi connectivity index (χ2n) is 10.2. The molecule has 40 heavy (non-hydrogen) atoms. The van der Waals surface area contributed by atoms with Crippen molar-refractivity contribution >= 4 is 38.2 Å². The topological polar surface area (TPSA) is 96.0 Å². The molecule has 212 valence electrons. The van der Waals surface area contributed by atoms with Crippen molar-refractivity contribution in [3.05, 3.63) is 81.7 Å². The third-order valence-corrected chi connectivity index (χ3v) is 10.5. The standard InChI is InChI=1S/C30H35N3O5S2/c1-2-38-30(35)27-25-16-19-32(20-22-10-6-5-7-11-22)21-26(25)39-29(27)31-28(34)23-12-14-24(15-13-23)40(36,37)33-17-8-3-4-9-18-33/h5-7,10-15H,2-4,8-9,16-21H2,1H3,(H,31,34). The molecule has 5 rings (SSSR count). The number of carbonyl (C=O) groups is 2. The van der Waals surface area contributed by atoms with Gasteiger partial charge in [-0.2, -0.15) is 4.31 Å². The zero-order chi connectivity index (χ0) is 28.1. The molecule has 1 amide bonds. The number of carbonyl (C=O) groups excluding carboxylic acids is 2. The summed E-state index contributed by atoms with van der Waals surface area (Å²) in [5.74, 6) is -0.838. The molecule has 0 radical (unpaired) electrons. The number of esters is 1. The average molecular weight is 582 g/mol. The Morgan fingerprint density at radius 3 is 2.33 bits per heavy atom. The molecule has 1 fully saturated rings. The van der Waals surface area contributed by atoms with Gasteiger partial charge in [0.25, 0.3) is 5.91 Å².